The van der Waals surface area contributed by atoms with Gasteiger partial charge in [-0.05, 0) is 63.0 Å². The van der Waals surface area contributed by atoms with Gasteiger partial charge in [0.05, 0.1) is 5.69 Å². The van der Waals surface area contributed by atoms with Crippen molar-refractivity contribution in [3.63, 3.8) is 0 Å². The summed E-state index contributed by atoms with van der Waals surface area (Å²) in [6.45, 7) is 8.44. The topological polar surface area (TPSA) is 43.8 Å². The van der Waals surface area contributed by atoms with Crippen LogP contribution in [0.4, 0.5) is 0 Å². The lowest BCUT2D eigenvalue weighted by molar-refractivity contribution is 0.283. The van der Waals surface area contributed by atoms with E-state index < -0.39 is 0 Å². The van der Waals surface area contributed by atoms with Crippen LogP contribution >= 0.6 is 0 Å². The second-order valence-corrected chi connectivity index (χ2v) is 6.19. The molecule has 2 atom stereocenters. The van der Waals surface area contributed by atoms with E-state index >= 15 is 0 Å². The fraction of sp³-hybridized carbons (Fsp3) is 0.812. The van der Waals surface area contributed by atoms with Gasteiger partial charge in [0.1, 0.15) is 0 Å². The molecule has 2 unspecified atom stereocenters. The molecule has 108 valence electrons. The van der Waals surface area contributed by atoms with Crippen molar-refractivity contribution in [1.29, 1.82) is 0 Å². The number of nitrogens with two attached hydrogens (primary N) is 1. The summed E-state index contributed by atoms with van der Waals surface area (Å²) in [5.41, 5.74) is 9.07. The van der Waals surface area contributed by atoms with E-state index in [4.69, 9.17) is 5.73 Å². The lowest BCUT2D eigenvalue weighted by Crippen LogP contribution is -2.31. The second kappa shape index (κ2) is 6.08. The maximum Gasteiger partial charge on any atom is 0.0624 e. The molecule has 1 heterocycles. The smallest absolute Gasteiger partial charge is 0.0624 e. The summed E-state index contributed by atoms with van der Waals surface area (Å²) in [5, 5.41) is 4.67. The average molecular weight is 263 g/mol. The van der Waals surface area contributed by atoms with Crippen LogP contribution in [-0.2, 0) is 19.4 Å². The van der Waals surface area contributed by atoms with Crippen molar-refractivity contribution in [2.75, 3.05) is 6.54 Å². The number of rotatable bonds is 6. The normalized spacial score (nSPS) is 27.1. The Morgan fingerprint density at radius 2 is 2.21 bits per heavy atom. The van der Waals surface area contributed by atoms with Gasteiger partial charge < -0.3 is 5.73 Å². The van der Waals surface area contributed by atoms with Crippen LogP contribution in [0.5, 0.6) is 0 Å². The van der Waals surface area contributed by atoms with E-state index in [1.807, 2.05) is 0 Å². The highest BCUT2D eigenvalue weighted by molar-refractivity contribution is 5.13. The fourth-order valence-electron chi connectivity index (χ4n) is 3.58. The molecule has 0 aliphatic heterocycles. The van der Waals surface area contributed by atoms with Crippen LogP contribution in [-0.4, -0.2) is 16.3 Å². The molecule has 1 aliphatic carbocycles. The molecule has 19 heavy (non-hydrogen) atoms. The first-order valence-corrected chi connectivity index (χ1v) is 7.92. The Labute approximate surface area is 117 Å². The molecule has 1 fully saturated rings. The van der Waals surface area contributed by atoms with Crippen molar-refractivity contribution < 1.29 is 0 Å². The van der Waals surface area contributed by atoms with Gasteiger partial charge in [-0.15, -0.1) is 0 Å². The van der Waals surface area contributed by atoms with Crippen molar-refractivity contribution in [2.45, 2.75) is 65.8 Å². The fourth-order valence-corrected chi connectivity index (χ4v) is 3.58. The highest BCUT2D eigenvalue weighted by Crippen LogP contribution is 2.44. The van der Waals surface area contributed by atoms with E-state index in [9.17, 15) is 0 Å². The van der Waals surface area contributed by atoms with Gasteiger partial charge in [-0.25, -0.2) is 0 Å². The average Bonchev–Trinajstić information content (AvgIpc) is 3.03. The van der Waals surface area contributed by atoms with Gasteiger partial charge in [0.15, 0.2) is 0 Å². The number of nitrogens with zero attached hydrogens (tertiary/aromatic N) is 2. The summed E-state index contributed by atoms with van der Waals surface area (Å²) < 4.78 is 2.18. The number of aromatic nitrogens is 2. The van der Waals surface area contributed by atoms with E-state index in [2.05, 4.69) is 36.6 Å². The predicted octanol–water partition coefficient (Wildman–Crippen LogP) is 3.16. The Bertz CT molecular complexity index is 410. The van der Waals surface area contributed by atoms with E-state index in [0.29, 0.717) is 5.41 Å². The van der Waals surface area contributed by atoms with Crippen LogP contribution in [0, 0.1) is 11.3 Å². The third-order valence-electron chi connectivity index (χ3n) is 4.95. The van der Waals surface area contributed by atoms with Crippen molar-refractivity contribution in [2.24, 2.45) is 17.1 Å². The molecule has 1 aromatic heterocycles. The zero-order chi connectivity index (χ0) is 13.9. The number of hydrogen-bond donors (Lipinski definition) is 1. The van der Waals surface area contributed by atoms with Crippen molar-refractivity contribution >= 4 is 0 Å². The summed E-state index contributed by atoms with van der Waals surface area (Å²) in [6.07, 6.45) is 7.38. The molecule has 0 saturated heterocycles. The Kier molecular flexibility index (Phi) is 4.67. The highest BCUT2D eigenvalue weighted by atomic mass is 15.3. The summed E-state index contributed by atoms with van der Waals surface area (Å²) in [6, 6.07) is 2.29. The lowest BCUT2D eigenvalue weighted by Gasteiger charge is -2.28. The van der Waals surface area contributed by atoms with Crippen LogP contribution in [0.1, 0.15) is 57.8 Å². The van der Waals surface area contributed by atoms with Crippen LogP contribution < -0.4 is 5.73 Å². The van der Waals surface area contributed by atoms with Crippen LogP contribution in [0.25, 0.3) is 0 Å². The molecule has 3 heteroatoms. The van der Waals surface area contributed by atoms with E-state index in [0.717, 1.165) is 31.8 Å². The van der Waals surface area contributed by atoms with Crippen LogP contribution in [0.15, 0.2) is 6.07 Å². The molecule has 2 N–H and O–H groups in total. The minimum absolute atomic E-state index is 0.332. The van der Waals surface area contributed by atoms with E-state index in [1.165, 1.54) is 37.1 Å². The standard InChI is InChI=1S/C16H29N3/c1-4-13-7-8-16(10-13,12-17)11-15-9-14(5-2)18-19(15)6-3/h9,13H,4-8,10-12,17H2,1-3H3. The Morgan fingerprint density at radius 3 is 2.74 bits per heavy atom. The van der Waals surface area contributed by atoms with Crippen LogP contribution in [0.2, 0.25) is 0 Å². The van der Waals surface area contributed by atoms with E-state index in [-0.39, 0.29) is 0 Å². The molecule has 2 rings (SSSR count). The summed E-state index contributed by atoms with van der Waals surface area (Å²) in [4.78, 5) is 0. The maximum atomic E-state index is 6.13. The third kappa shape index (κ3) is 3.02. The summed E-state index contributed by atoms with van der Waals surface area (Å²) in [7, 11) is 0. The lowest BCUT2D eigenvalue weighted by atomic mass is 9.80. The third-order valence-corrected chi connectivity index (χ3v) is 4.95. The predicted molar refractivity (Wildman–Crippen MR) is 80.1 cm³/mol. The van der Waals surface area contributed by atoms with Crippen molar-refractivity contribution in [3.8, 4) is 0 Å². The SMILES string of the molecule is CCc1cc(CC2(CN)CCC(CC)C2)n(CC)n1. The molecule has 0 radical (unpaired) electrons. The molecular weight excluding hydrogens is 234 g/mol. The van der Waals surface area contributed by atoms with Gasteiger partial charge in [-0.1, -0.05) is 20.3 Å². The number of hydrogen-bond acceptors (Lipinski definition) is 2. The molecule has 1 aromatic rings. The molecule has 0 bridgehead atoms. The highest BCUT2D eigenvalue weighted by Gasteiger charge is 2.38. The molecule has 0 aromatic carbocycles. The first-order chi connectivity index (χ1) is 9.16. The van der Waals surface area contributed by atoms with Crippen LogP contribution in [0.3, 0.4) is 0 Å². The maximum absolute atomic E-state index is 6.13. The quantitative estimate of drug-likeness (QED) is 0.856. The van der Waals surface area contributed by atoms with Crippen molar-refractivity contribution in [1.82, 2.24) is 9.78 Å². The van der Waals surface area contributed by atoms with Gasteiger partial charge in [0.2, 0.25) is 0 Å². The van der Waals surface area contributed by atoms with Gasteiger partial charge >= 0.3 is 0 Å². The number of aryl methyl sites for hydroxylation is 2. The Balaban J connectivity index is 2.16. The van der Waals surface area contributed by atoms with Gasteiger partial charge in [-0.2, -0.15) is 5.10 Å². The van der Waals surface area contributed by atoms with E-state index in [1.54, 1.807) is 0 Å². The zero-order valence-electron chi connectivity index (χ0n) is 12.8. The summed E-state index contributed by atoms with van der Waals surface area (Å²) >= 11 is 0. The summed E-state index contributed by atoms with van der Waals surface area (Å²) in [5.74, 6) is 0.882. The Morgan fingerprint density at radius 1 is 1.42 bits per heavy atom. The molecule has 0 spiro atoms. The zero-order valence-corrected chi connectivity index (χ0v) is 12.8. The van der Waals surface area contributed by atoms with Crippen molar-refractivity contribution in [3.05, 3.63) is 17.5 Å². The Hall–Kier alpha value is -0.830. The molecule has 1 saturated carbocycles. The van der Waals surface area contributed by atoms with Gasteiger partial charge in [0.25, 0.3) is 0 Å². The minimum atomic E-state index is 0.332. The molecule has 0 amide bonds. The molecular formula is C16H29N3. The van der Waals surface area contributed by atoms with Gasteiger partial charge in [0, 0.05) is 12.2 Å². The second-order valence-electron chi connectivity index (χ2n) is 6.19. The largest absolute Gasteiger partial charge is 0.330 e. The monoisotopic (exact) mass is 263 g/mol. The van der Waals surface area contributed by atoms with Gasteiger partial charge in [-0.3, -0.25) is 4.68 Å². The molecule has 1 aliphatic rings. The first kappa shape index (κ1) is 14.6. The minimum Gasteiger partial charge on any atom is -0.330 e. The first-order valence-electron chi connectivity index (χ1n) is 7.92. The molecule has 3 nitrogen and oxygen atoms in total.